The minimum atomic E-state index is -0.547. The number of hydrogen-bond donors (Lipinski definition) is 1. The minimum absolute atomic E-state index is 0.196. The quantitative estimate of drug-likeness (QED) is 0.523. The van der Waals surface area contributed by atoms with Crippen LogP contribution in [0.3, 0.4) is 0 Å². The first-order chi connectivity index (χ1) is 17.9. The van der Waals surface area contributed by atoms with Crippen LogP contribution in [0.4, 0.5) is 20.6 Å². The molecule has 0 bridgehead atoms. The number of aromatic nitrogens is 1. The average molecular weight is 508 g/mol. The first-order valence-corrected chi connectivity index (χ1v) is 12.4. The number of carbonyl (C=O) groups is 2. The molecule has 2 amide bonds. The molecular formula is C27H30FN5O4. The van der Waals surface area contributed by atoms with Gasteiger partial charge in [-0.15, -0.1) is 0 Å². The van der Waals surface area contributed by atoms with Gasteiger partial charge in [-0.1, -0.05) is 35.0 Å². The van der Waals surface area contributed by atoms with Gasteiger partial charge >= 0.3 is 6.09 Å². The van der Waals surface area contributed by atoms with Crippen molar-refractivity contribution in [1.82, 2.24) is 15.4 Å². The Morgan fingerprint density at radius 1 is 1.11 bits per heavy atom. The lowest BCUT2D eigenvalue weighted by Gasteiger charge is -2.35. The van der Waals surface area contributed by atoms with Gasteiger partial charge in [-0.05, 0) is 25.1 Å². The standard InChI is InChI=1S/C27H30FN5O4/c1-18-3-5-20(6-4-18)25-14-22(37-30-25)16-31-9-11-32(12-10-31)26-8-7-21(13-24(26)28)33-17-23(36-27(33)35)15-29-19(2)34/h3-8,13-14,23H,9-12,15-17H2,1-2H3,(H,29,34)/t23-/m0/s1. The van der Waals surface area contributed by atoms with E-state index < -0.39 is 12.2 Å². The molecule has 2 fully saturated rings. The maximum absolute atomic E-state index is 15.1. The lowest BCUT2D eigenvalue weighted by molar-refractivity contribution is -0.119. The summed E-state index contributed by atoms with van der Waals surface area (Å²) < 4.78 is 25.9. The molecule has 2 aliphatic rings. The highest BCUT2D eigenvalue weighted by molar-refractivity contribution is 5.90. The van der Waals surface area contributed by atoms with Gasteiger partial charge in [0.15, 0.2) is 5.76 Å². The molecule has 37 heavy (non-hydrogen) atoms. The first kappa shape index (κ1) is 24.8. The number of nitrogens with zero attached hydrogens (tertiary/aromatic N) is 4. The summed E-state index contributed by atoms with van der Waals surface area (Å²) in [6.45, 7) is 7.42. The normalized spacial score (nSPS) is 18.2. The second kappa shape index (κ2) is 10.6. The second-order valence-corrected chi connectivity index (χ2v) is 9.50. The largest absolute Gasteiger partial charge is 0.442 e. The van der Waals surface area contributed by atoms with E-state index in [0.29, 0.717) is 31.0 Å². The van der Waals surface area contributed by atoms with Crippen molar-refractivity contribution in [3.63, 3.8) is 0 Å². The maximum Gasteiger partial charge on any atom is 0.414 e. The molecule has 0 saturated carbocycles. The maximum atomic E-state index is 15.1. The van der Waals surface area contributed by atoms with Crippen molar-refractivity contribution in [2.24, 2.45) is 0 Å². The zero-order valence-electron chi connectivity index (χ0n) is 20.9. The number of anilines is 2. The Hall–Kier alpha value is -3.92. The average Bonchev–Trinajstić information content (AvgIpc) is 3.50. The third-order valence-electron chi connectivity index (χ3n) is 6.69. The third-order valence-corrected chi connectivity index (χ3v) is 6.69. The summed E-state index contributed by atoms with van der Waals surface area (Å²) in [5, 5.41) is 6.84. The summed E-state index contributed by atoms with van der Waals surface area (Å²) in [5.41, 5.74) is 3.98. The summed E-state index contributed by atoms with van der Waals surface area (Å²) in [7, 11) is 0. The number of rotatable bonds is 7. The number of cyclic esters (lactones) is 1. The topological polar surface area (TPSA) is 91.2 Å². The van der Waals surface area contributed by atoms with Crippen LogP contribution in [0.5, 0.6) is 0 Å². The number of hydrogen-bond acceptors (Lipinski definition) is 7. The fourth-order valence-corrected chi connectivity index (χ4v) is 4.63. The molecule has 10 heteroatoms. The van der Waals surface area contributed by atoms with Crippen molar-refractivity contribution in [2.75, 3.05) is 49.1 Å². The SMILES string of the molecule is CC(=O)NC[C@H]1CN(c2ccc(N3CCN(Cc4cc(-c5ccc(C)cc5)no4)CC3)c(F)c2)C(=O)O1. The molecule has 5 rings (SSSR count). The van der Waals surface area contributed by atoms with Gasteiger partial charge in [0.25, 0.3) is 0 Å². The van der Waals surface area contributed by atoms with Gasteiger partial charge in [0.2, 0.25) is 5.91 Å². The Morgan fingerprint density at radius 3 is 2.57 bits per heavy atom. The van der Waals surface area contributed by atoms with E-state index in [1.807, 2.05) is 30.0 Å². The Bertz CT molecular complexity index is 1270. The van der Waals surface area contributed by atoms with Crippen LogP contribution in [0.25, 0.3) is 11.3 Å². The third kappa shape index (κ3) is 5.75. The molecule has 3 heterocycles. The van der Waals surface area contributed by atoms with Crippen molar-refractivity contribution in [2.45, 2.75) is 26.5 Å². The molecule has 194 valence electrons. The van der Waals surface area contributed by atoms with Crippen molar-refractivity contribution in [3.8, 4) is 11.3 Å². The lowest BCUT2D eigenvalue weighted by atomic mass is 10.1. The van der Waals surface area contributed by atoms with Gasteiger partial charge < -0.3 is 19.5 Å². The zero-order valence-corrected chi connectivity index (χ0v) is 20.9. The molecule has 1 atom stereocenters. The van der Waals surface area contributed by atoms with Crippen LogP contribution >= 0.6 is 0 Å². The van der Waals surface area contributed by atoms with Crippen molar-refractivity contribution >= 4 is 23.4 Å². The number of halogens is 1. The molecular weight excluding hydrogens is 477 g/mol. The van der Waals surface area contributed by atoms with Gasteiger partial charge in [0, 0.05) is 44.7 Å². The summed E-state index contributed by atoms with van der Waals surface area (Å²) in [5.74, 6) is 0.216. The molecule has 1 aromatic heterocycles. The molecule has 3 aromatic rings. The fourth-order valence-electron chi connectivity index (χ4n) is 4.63. The Labute approximate surface area is 214 Å². The van der Waals surface area contributed by atoms with Gasteiger partial charge in [-0.2, -0.15) is 0 Å². The number of amides is 2. The molecule has 0 radical (unpaired) electrons. The molecule has 0 unspecified atom stereocenters. The fraction of sp³-hybridized carbons (Fsp3) is 0.370. The van der Waals surface area contributed by atoms with E-state index >= 15 is 4.39 Å². The summed E-state index contributed by atoms with van der Waals surface area (Å²) in [4.78, 5) is 29.0. The Balaban J connectivity index is 1.15. The highest BCUT2D eigenvalue weighted by Crippen LogP contribution is 2.29. The molecule has 0 aliphatic carbocycles. The van der Waals surface area contributed by atoms with Crippen molar-refractivity contribution in [1.29, 1.82) is 0 Å². The molecule has 2 saturated heterocycles. The number of aryl methyl sites for hydroxylation is 1. The van der Waals surface area contributed by atoms with E-state index in [2.05, 4.69) is 27.5 Å². The van der Waals surface area contributed by atoms with E-state index in [9.17, 15) is 9.59 Å². The molecule has 0 spiro atoms. The second-order valence-electron chi connectivity index (χ2n) is 9.50. The van der Waals surface area contributed by atoms with E-state index in [4.69, 9.17) is 9.26 Å². The monoisotopic (exact) mass is 507 g/mol. The van der Waals surface area contributed by atoms with E-state index in [-0.39, 0.29) is 24.8 Å². The van der Waals surface area contributed by atoms with Crippen molar-refractivity contribution in [3.05, 3.63) is 65.7 Å². The predicted octanol–water partition coefficient (Wildman–Crippen LogP) is 3.57. The summed E-state index contributed by atoms with van der Waals surface area (Å²) in [6, 6.07) is 14.9. The van der Waals surface area contributed by atoms with Crippen LogP contribution in [-0.2, 0) is 16.1 Å². The summed E-state index contributed by atoms with van der Waals surface area (Å²) in [6.07, 6.45) is -1.02. The van der Waals surface area contributed by atoms with Crippen LogP contribution in [-0.4, -0.2) is 67.4 Å². The first-order valence-electron chi connectivity index (χ1n) is 12.4. The highest BCUT2D eigenvalue weighted by atomic mass is 19.1. The van der Waals surface area contributed by atoms with Gasteiger partial charge in [-0.3, -0.25) is 14.6 Å². The Morgan fingerprint density at radius 2 is 1.86 bits per heavy atom. The van der Waals surface area contributed by atoms with Crippen LogP contribution in [0.1, 0.15) is 18.2 Å². The van der Waals surface area contributed by atoms with Crippen LogP contribution < -0.4 is 15.1 Å². The smallest absolute Gasteiger partial charge is 0.414 e. The molecule has 9 nitrogen and oxygen atoms in total. The van der Waals surface area contributed by atoms with E-state index in [1.54, 1.807) is 12.1 Å². The van der Waals surface area contributed by atoms with E-state index in [1.165, 1.54) is 23.5 Å². The van der Waals surface area contributed by atoms with Gasteiger partial charge in [-0.25, -0.2) is 9.18 Å². The molecule has 2 aromatic carbocycles. The molecule has 2 aliphatic heterocycles. The van der Waals surface area contributed by atoms with Gasteiger partial charge in [0.1, 0.15) is 17.6 Å². The highest BCUT2D eigenvalue weighted by Gasteiger charge is 2.33. The van der Waals surface area contributed by atoms with Gasteiger partial charge in [0.05, 0.1) is 31.0 Å². The zero-order chi connectivity index (χ0) is 25.9. The molecule has 1 N–H and O–H groups in total. The van der Waals surface area contributed by atoms with Crippen LogP contribution in [0.2, 0.25) is 0 Å². The lowest BCUT2D eigenvalue weighted by Crippen LogP contribution is -2.46. The minimum Gasteiger partial charge on any atom is -0.442 e. The van der Waals surface area contributed by atoms with Crippen LogP contribution in [0.15, 0.2) is 53.1 Å². The van der Waals surface area contributed by atoms with E-state index in [0.717, 1.165) is 30.1 Å². The number of piperazine rings is 1. The summed E-state index contributed by atoms with van der Waals surface area (Å²) >= 11 is 0. The van der Waals surface area contributed by atoms with Crippen molar-refractivity contribution < 1.29 is 23.2 Å². The van der Waals surface area contributed by atoms with Crippen LogP contribution in [0, 0.1) is 12.7 Å². The number of carbonyl (C=O) groups excluding carboxylic acids is 2. The predicted molar refractivity (Wildman–Crippen MR) is 137 cm³/mol. The number of benzene rings is 2. The number of nitrogens with one attached hydrogen (secondary N) is 1. The Kier molecular flexibility index (Phi) is 7.09. The number of ether oxygens (including phenoxy) is 1.